The Balaban J connectivity index is 2.79. The van der Waals surface area contributed by atoms with Gasteiger partial charge in [0.25, 0.3) is 0 Å². The van der Waals surface area contributed by atoms with E-state index in [4.69, 9.17) is 10.5 Å². The second-order valence-corrected chi connectivity index (χ2v) is 2.54. The lowest BCUT2D eigenvalue weighted by Gasteiger charge is -2.15. The van der Waals surface area contributed by atoms with Gasteiger partial charge in [0.05, 0.1) is 29.8 Å². The van der Waals surface area contributed by atoms with Crippen molar-refractivity contribution < 1.29 is 4.39 Å². The van der Waals surface area contributed by atoms with Crippen LogP contribution in [0.1, 0.15) is 12.8 Å². The van der Waals surface area contributed by atoms with Crippen LogP contribution < -0.4 is 0 Å². The molecular weight excluding hydrogens is 143 g/mol. The van der Waals surface area contributed by atoms with E-state index < -0.39 is 5.92 Å². The topological polar surface area (TPSA) is 47.6 Å². The van der Waals surface area contributed by atoms with Crippen molar-refractivity contribution in [3.63, 3.8) is 0 Å². The van der Waals surface area contributed by atoms with Crippen molar-refractivity contribution in [2.45, 2.75) is 12.8 Å². The molecule has 2 unspecified atom stereocenters. The molecule has 0 heterocycles. The van der Waals surface area contributed by atoms with Crippen molar-refractivity contribution in [3.8, 4) is 12.1 Å². The van der Waals surface area contributed by atoms with Crippen LogP contribution in [0, 0.1) is 34.5 Å². The molecular formula is C8H7FN2. The fourth-order valence-corrected chi connectivity index (χ4v) is 1.14. The number of nitrogens with zero attached hydrogens (tertiary/aromatic N) is 2. The summed E-state index contributed by atoms with van der Waals surface area (Å²) in [5.74, 6) is -1.13. The Kier molecular flexibility index (Phi) is 2.23. The first kappa shape index (κ1) is 7.75. The summed E-state index contributed by atoms with van der Waals surface area (Å²) in [6.45, 7) is 0. The third-order valence-electron chi connectivity index (χ3n) is 1.80. The first-order valence-electron chi connectivity index (χ1n) is 3.43. The summed E-state index contributed by atoms with van der Waals surface area (Å²) < 4.78 is 12.5. The highest BCUT2D eigenvalue weighted by Crippen LogP contribution is 2.28. The van der Waals surface area contributed by atoms with Gasteiger partial charge in [0.1, 0.15) is 0 Å². The molecule has 0 aromatic carbocycles. The smallest absolute Gasteiger partial charge is 0.0973 e. The standard InChI is InChI=1S/C8H7FN2/c9-8-2-1-6(4-10)7(3-8)5-11/h3,6-7H,1-2H2. The lowest BCUT2D eigenvalue weighted by Crippen LogP contribution is -2.13. The van der Waals surface area contributed by atoms with Gasteiger partial charge in [0, 0.05) is 6.42 Å². The third-order valence-corrected chi connectivity index (χ3v) is 1.80. The summed E-state index contributed by atoms with van der Waals surface area (Å²) >= 11 is 0. The van der Waals surface area contributed by atoms with Crippen molar-refractivity contribution in [1.29, 1.82) is 10.5 Å². The number of rotatable bonds is 0. The van der Waals surface area contributed by atoms with Gasteiger partial charge in [-0.25, -0.2) is 4.39 Å². The summed E-state index contributed by atoms with van der Waals surface area (Å²) in [6, 6.07) is 3.89. The van der Waals surface area contributed by atoms with Crippen LogP contribution in [-0.2, 0) is 0 Å². The predicted octanol–water partition coefficient (Wildman–Crippen LogP) is 1.91. The van der Waals surface area contributed by atoms with Gasteiger partial charge in [-0.15, -0.1) is 0 Å². The molecule has 3 heteroatoms. The molecule has 0 spiro atoms. The van der Waals surface area contributed by atoms with Gasteiger partial charge in [-0.05, 0) is 12.5 Å². The molecule has 0 bridgehead atoms. The van der Waals surface area contributed by atoms with Crippen molar-refractivity contribution in [1.82, 2.24) is 0 Å². The Morgan fingerprint density at radius 1 is 1.45 bits per heavy atom. The molecule has 0 fully saturated rings. The zero-order valence-corrected chi connectivity index (χ0v) is 5.92. The molecule has 0 saturated carbocycles. The Morgan fingerprint density at radius 2 is 2.18 bits per heavy atom. The van der Waals surface area contributed by atoms with Crippen molar-refractivity contribution >= 4 is 0 Å². The van der Waals surface area contributed by atoms with E-state index in [2.05, 4.69) is 0 Å². The van der Waals surface area contributed by atoms with E-state index >= 15 is 0 Å². The van der Waals surface area contributed by atoms with E-state index in [1.165, 1.54) is 6.08 Å². The van der Waals surface area contributed by atoms with Crippen LogP contribution in [0.5, 0.6) is 0 Å². The second-order valence-electron chi connectivity index (χ2n) is 2.54. The van der Waals surface area contributed by atoms with Crippen LogP contribution in [0.3, 0.4) is 0 Å². The average Bonchev–Trinajstić information content (AvgIpc) is 2.04. The Morgan fingerprint density at radius 3 is 2.73 bits per heavy atom. The summed E-state index contributed by atoms with van der Waals surface area (Å²) in [7, 11) is 0. The van der Waals surface area contributed by atoms with E-state index in [9.17, 15) is 4.39 Å². The first-order chi connectivity index (χ1) is 5.27. The van der Waals surface area contributed by atoms with Crippen LogP contribution in [0.15, 0.2) is 11.9 Å². The molecule has 1 rings (SSSR count). The van der Waals surface area contributed by atoms with Crippen LogP contribution in [0.25, 0.3) is 0 Å². The fourth-order valence-electron chi connectivity index (χ4n) is 1.14. The number of hydrogen-bond acceptors (Lipinski definition) is 2. The van der Waals surface area contributed by atoms with Gasteiger partial charge in [0.2, 0.25) is 0 Å². The maximum atomic E-state index is 12.5. The van der Waals surface area contributed by atoms with E-state index in [0.717, 1.165) is 0 Å². The third kappa shape index (κ3) is 1.56. The Bertz CT molecular complexity index is 256. The molecule has 56 valence electrons. The monoisotopic (exact) mass is 150 g/mol. The zero-order valence-electron chi connectivity index (χ0n) is 5.92. The number of halogens is 1. The average molecular weight is 150 g/mol. The SMILES string of the molecule is N#CC1C=C(F)CCC1C#N. The molecule has 0 amide bonds. The number of hydrogen-bond donors (Lipinski definition) is 0. The van der Waals surface area contributed by atoms with Gasteiger partial charge in [-0.1, -0.05) is 0 Å². The molecule has 11 heavy (non-hydrogen) atoms. The van der Waals surface area contributed by atoms with Gasteiger partial charge in [-0.3, -0.25) is 0 Å². The second kappa shape index (κ2) is 3.16. The quantitative estimate of drug-likeness (QED) is 0.529. The summed E-state index contributed by atoms with van der Waals surface area (Å²) in [4.78, 5) is 0. The summed E-state index contributed by atoms with van der Waals surface area (Å²) in [5.41, 5.74) is 0. The summed E-state index contributed by atoms with van der Waals surface area (Å²) in [5, 5.41) is 17.0. The van der Waals surface area contributed by atoms with Gasteiger partial charge in [-0.2, -0.15) is 10.5 Å². The normalized spacial score (nSPS) is 29.9. The predicted molar refractivity (Wildman–Crippen MR) is 36.6 cm³/mol. The highest BCUT2D eigenvalue weighted by Gasteiger charge is 2.24. The van der Waals surface area contributed by atoms with E-state index in [0.29, 0.717) is 12.8 Å². The van der Waals surface area contributed by atoms with Gasteiger partial charge >= 0.3 is 0 Å². The largest absolute Gasteiger partial charge is 0.212 e. The van der Waals surface area contributed by atoms with Crippen LogP contribution >= 0.6 is 0 Å². The lowest BCUT2D eigenvalue weighted by atomic mass is 9.85. The molecule has 1 aliphatic carbocycles. The van der Waals surface area contributed by atoms with Crippen molar-refractivity contribution in [2.24, 2.45) is 11.8 Å². The lowest BCUT2D eigenvalue weighted by molar-refractivity contribution is 0.441. The maximum absolute atomic E-state index is 12.5. The highest BCUT2D eigenvalue weighted by atomic mass is 19.1. The number of allylic oxidation sites excluding steroid dienone is 2. The van der Waals surface area contributed by atoms with Crippen LogP contribution in [-0.4, -0.2) is 0 Å². The minimum absolute atomic E-state index is 0.261. The molecule has 0 saturated heterocycles. The first-order valence-corrected chi connectivity index (χ1v) is 3.43. The molecule has 0 N–H and O–H groups in total. The maximum Gasteiger partial charge on any atom is 0.0973 e. The zero-order chi connectivity index (χ0) is 8.27. The molecule has 0 aliphatic heterocycles. The molecule has 2 nitrogen and oxygen atoms in total. The van der Waals surface area contributed by atoms with Crippen molar-refractivity contribution in [2.75, 3.05) is 0 Å². The molecule has 0 radical (unpaired) electrons. The van der Waals surface area contributed by atoms with E-state index in [1.807, 2.05) is 12.1 Å². The summed E-state index contributed by atoms with van der Waals surface area (Å²) in [6.07, 6.45) is 2.02. The van der Waals surface area contributed by atoms with Gasteiger partial charge in [0.15, 0.2) is 0 Å². The highest BCUT2D eigenvalue weighted by molar-refractivity contribution is 5.14. The minimum Gasteiger partial charge on any atom is -0.212 e. The van der Waals surface area contributed by atoms with Gasteiger partial charge < -0.3 is 0 Å². The van der Waals surface area contributed by atoms with Crippen LogP contribution in [0.4, 0.5) is 4.39 Å². The molecule has 2 atom stereocenters. The number of nitriles is 2. The van der Waals surface area contributed by atoms with E-state index in [1.54, 1.807) is 0 Å². The van der Waals surface area contributed by atoms with E-state index in [-0.39, 0.29) is 11.7 Å². The minimum atomic E-state index is -0.547. The molecule has 1 aliphatic rings. The molecule has 0 aromatic rings. The Labute approximate surface area is 64.5 Å². The fraction of sp³-hybridized carbons (Fsp3) is 0.500. The van der Waals surface area contributed by atoms with Crippen molar-refractivity contribution in [3.05, 3.63) is 11.9 Å². The van der Waals surface area contributed by atoms with Crippen LogP contribution in [0.2, 0.25) is 0 Å². The molecule has 0 aromatic heterocycles. The Hall–Kier alpha value is -1.35.